The van der Waals surface area contributed by atoms with Gasteiger partial charge in [-0.3, -0.25) is 14.3 Å². The van der Waals surface area contributed by atoms with Crippen molar-refractivity contribution in [2.75, 3.05) is 11.1 Å². The van der Waals surface area contributed by atoms with Crippen molar-refractivity contribution in [3.8, 4) is 11.4 Å². The third-order valence-electron chi connectivity index (χ3n) is 4.16. The number of allylic oxidation sites excluding steroid dienone is 1. The molecule has 1 aromatic carbocycles. The van der Waals surface area contributed by atoms with E-state index in [2.05, 4.69) is 40.9 Å². The number of benzene rings is 1. The Morgan fingerprint density at radius 3 is 2.68 bits per heavy atom. The lowest BCUT2D eigenvalue weighted by Gasteiger charge is -2.13. The fourth-order valence-electron chi connectivity index (χ4n) is 2.83. The summed E-state index contributed by atoms with van der Waals surface area (Å²) in [6.45, 7) is 8.59. The molecule has 0 aliphatic heterocycles. The number of aromatic nitrogens is 4. The molecule has 3 rings (SSSR count). The van der Waals surface area contributed by atoms with E-state index < -0.39 is 0 Å². The lowest BCUT2D eigenvalue weighted by atomic mass is 10.0. The first-order valence-electron chi connectivity index (χ1n) is 9.06. The molecule has 0 atom stereocenters. The van der Waals surface area contributed by atoms with Gasteiger partial charge >= 0.3 is 0 Å². The number of rotatable bonds is 8. The van der Waals surface area contributed by atoms with Crippen molar-refractivity contribution in [1.29, 1.82) is 0 Å². The van der Waals surface area contributed by atoms with Crippen molar-refractivity contribution in [2.45, 2.75) is 31.5 Å². The van der Waals surface area contributed by atoms with Crippen molar-refractivity contribution in [2.24, 2.45) is 0 Å². The minimum atomic E-state index is -0.0725. The first-order valence-corrected chi connectivity index (χ1v) is 10.0. The largest absolute Gasteiger partial charge is 0.325 e. The molecular weight excluding hydrogens is 370 g/mol. The van der Waals surface area contributed by atoms with E-state index in [4.69, 9.17) is 0 Å². The molecule has 0 aliphatic rings. The van der Waals surface area contributed by atoms with E-state index in [1.165, 1.54) is 11.8 Å². The number of pyridine rings is 1. The topological polar surface area (TPSA) is 72.7 Å². The maximum Gasteiger partial charge on any atom is 0.234 e. The number of nitrogens with zero attached hydrogens (tertiary/aromatic N) is 4. The van der Waals surface area contributed by atoms with Crippen LogP contribution in [0.4, 0.5) is 5.69 Å². The Hall–Kier alpha value is -2.93. The van der Waals surface area contributed by atoms with Crippen molar-refractivity contribution in [1.82, 2.24) is 19.7 Å². The molecule has 0 saturated heterocycles. The predicted molar refractivity (Wildman–Crippen MR) is 113 cm³/mol. The van der Waals surface area contributed by atoms with Gasteiger partial charge in [0.05, 0.1) is 5.75 Å². The maximum atomic E-state index is 12.5. The van der Waals surface area contributed by atoms with Crippen LogP contribution in [0.25, 0.3) is 11.4 Å². The molecule has 144 valence electrons. The van der Waals surface area contributed by atoms with Gasteiger partial charge in [0.1, 0.15) is 0 Å². The maximum absolute atomic E-state index is 12.5. The number of amides is 1. The molecular formula is C21H23N5OS. The average molecular weight is 394 g/mol. The molecule has 0 spiro atoms. The van der Waals surface area contributed by atoms with E-state index >= 15 is 0 Å². The van der Waals surface area contributed by atoms with E-state index in [1.807, 2.05) is 41.0 Å². The molecule has 0 radical (unpaired) electrons. The molecule has 0 bridgehead atoms. The first-order chi connectivity index (χ1) is 13.6. The average Bonchev–Trinajstić information content (AvgIpc) is 3.10. The summed E-state index contributed by atoms with van der Waals surface area (Å²) in [6.07, 6.45) is 5.22. The zero-order valence-electron chi connectivity index (χ0n) is 16.0. The number of para-hydroxylation sites is 1. The number of hydrogen-bond acceptors (Lipinski definition) is 5. The van der Waals surface area contributed by atoms with Crippen LogP contribution in [0.15, 0.2) is 66.6 Å². The highest BCUT2D eigenvalue weighted by Crippen LogP contribution is 2.26. The molecule has 3 aromatic rings. The molecule has 0 unspecified atom stereocenters. The molecule has 28 heavy (non-hydrogen) atoms. The fraction of sp³-hybridized carbons (Fsp3) is 0.238. The first kappa shape index (κ1) is 19.8. The molecule has 0 saturated carbocycles. The molecule has 7 heteroatoms. The monoisotopic (exact) mass is 393 g/mol. The van der Waals surface area contributed by atoms with Gasteiger partial charge in [0.15, 0.2) is 11.0 Å². The molecule has 0 aliphatic carbocycles. The van der Waals surface area contributed by atoms with Crippen LogP contribution in [-0.4, -0.2) is 31.4 Å². The Morgan fingerprint density at radius 1 is 1.21 bits per heavy atom. The van der Waals surface area contributed by atoms with Crippen molar-refractivity contribution < 1.29 is 4.79 Å². The zero-order chi connectivity index (χ0) is 19.9. The van der Waals surface area contributed by atoms with Crippen LogP contribution in [0.2, 0.25) is 0 Å². The minimum Gasteiger partial charge on any atom is -0.325 e. The summed E-state index contributed by atoms with van der Waals surface area (Å²) in [5.74, 6) is 1.24. The summed E-state index contributed by atoms with van der Waals surface area (Å²) >= 11 is 1.36. The number of carbonyl (C=O) groups excluding carboxylic acids is 1. The standard InChI is InChI=1S/C21H23N5OS/c1-4-13-26-20(16-9-11-22-12-10-16)24-25-21(26)28-14-19(27)23-18-8-6-5-7-17(18)15(2)3/h4-12,15H,1,13-14H2,2-3H3,(H,23,27). The molecule has 2 heterocycles. The van der Waals surface area contributed by atoms with E-state index in [1.54, 1.807) is 18.5 Å². The highest BCUT2D eigenvalue weighted by atomic mass is 32.2. The Kier molecular flexibility index (Phi) is 6.60. The second-order valence-electron chi connectivity index (χ2n) is 6.52. The predicted octanol–water partition coefficient (Wildman–Crippen LogP) is 4.38. The van der Waals surface area contributed by atoms with Crippen LogP contribution >= 0.6 is 11.8 Å². The van der Waals surface area contributed by atoms with Gasteiger partial charge in [-0.1, -0.05) is 49.9 Å². The van der Waals surface area contributed by atoms with Crippen molar-refractivity contribution in [3.63, 3.8) is 0 Å². The highest BCUT2D eigenvalue weighted by Gasteiger charge is 2.15. The molecule has 1 amide bonds. The summed E-state index contributed by atoms with van der Waals surface area (Å²) in [6, 6.07) is 11.6. The Balaban J connectivity index is 1.72. The van der Waals surface area contributed by atoms with Crippen molar-refractivity contribution in [3.05, 3.63) is 67.0 Å². The lowest BCUT2D eigenvalue weighted by molar-refractivity contribution is -0.113. The smallest absolute Gasteiger partial charge is 0.234 e. The van der Waals surface area contributed by atoms with Gasteiger partial charge < -0.3 is 5.32 Å². The highest BCUT2D eigenvalue weighted by molar-refractivity contribution is 7.99. The summed E-state index contributed by atoms with van der Waals surface area (Å²) in [4.78, 5) is 16.5. The summed E-state index contributed by atoms with van der Waals surface area (Å²) in [5.41, 5.74) is 2.90. The van der Waals surface area contributed by atoms with Crippen LogP contribution in [0.1, 0.15) is 25.3 Å². The Bertz CT molecular complexity index is 952. The van der Waals surface area contributed by atoms with Crippen LogP contribution in [0, 0.1) is 0 Å². The van der Waals surface area contributed by atoms with Crippen LogP contribution in [0.5, 0.6) is 0 Å². The van der Waals surface area contributed by atoms with E-state index in [9.17, 15) is 4.79 Å². The van der Waals surface area contributed by atoms with Gasteiger partial charge in [0.2, 0.25) is 5.91 Å². The van der Waals surface area contributed by atoms with Gasteiger partial charge in [-0.25, -0.2) is 0 Å². The molecule has 2 aromatic heterocycles. The third-order valence-corrected chi connectivity index (χ3v) is 5.12. The number of hydrogen-bond donors (Lipinski definition) is 1. The van der Waals surface area contributed by atoms with Gasteiger partial charge in [0, 0.05) is 30.2 Å². The Labute approximate surface area is 169 Å². The van der Waals surface area contributed by atoms with Gasteiger partial charge in [0.25, 0.3) is 0 Å². The lowest BCUT2D eigenvalue weighted by Crippen LogP contribution is -2.16. The number of thioether (sulfide) groups is 1. The third kappa shape index (κ3) is 4.67. The summed E-state index contributed by atoms with van der Waals surface area (Å²) < 4.78 is 1.95. The van der Waals surface area contributed by atoms with Gasteiger partial charge in [-0.15, -0.1) is 16.8 Å². The van der Waals surface area contributed by atoms with E-state index in [-0.39, 0.29) is 11.7 Å². The number of nitrogens with one attached hydrogen (secondary N) is 1. The number of anilines is 1. The zero-order valence-corrected chi connectivity index (χ0v) is 16.8. The minimum absolute atomic E-state index is 0.0725. The normalized spacial score (nSPS) is 10.8. The SMILES string of the molecule is C=CCn1c(SCC(=O)Nc2ccccc2C(C)C)nnc1-c1ccncc1. The van der Waals surface area contributed by atoms with Crippen molar-refractivity contribution >= 4 is 23.4 Å². The number of carbonyl (C=O) groups is 1. The van der Waals surface area contributed by atoms with Gasteiger partial charge in [-0.05, 0) is 29.7 Å². The van der Waals surface area contributed by atoms with Crippen LogP contribution < -0.4 is 5.32 Å². The van der Waals surface area contributed by atoms with Gasteiger partial charge in [-0.2, -0.15) is 0 Å². The quantitative estimate of drug-likeness (QED) is 0.454. The second-order valence-corrected chi connectivity index (χ2v) is 7.46. The van der Waals surface area contributed by atoms with E-state index in [0.29, 0.717) is 17.6 Å². The Morgan fingerprint density at radius 2 is 1.96 bits per heavy atom. The van der Waals surface area contributed by atoms with Crippen LogP contribution in [-0.2, 0) is 11.3 Å². The fourth-order valence-corrected chi connectivity index (χ4v) is 3.58. The molecule has 0 fully saturated rings. The summed E-state index contributed by atoms with van der Waals surface area (Å²) in [7, 11) is 0. The van der Waals surface area contributed by atoms with Crippen LogP contribution in [0.3, 0.4) is 0 Å². The summed E-state index contributed by atoms with van der Waals surface area (Å²) in [5, 5.41) is 12.2. The van der Waals surface area contributed by atoms with E-state index in [0.717, 1.165) is 22.6 Å². The second kappa shape index (κ2) is 9.32. The molecule has 1 N–H and O–H groups in total. The molecule has 6 nitrogen and oxygen atoms in total.